The summed E-state index contributed by atoms with van der Waals surface area (Å²) in [5.41, 5.74) is 3.30. The quantitative estimate of drug-likeness (QED) is 0.642. The van der Waals surface area contributed by atoms with Crippen LogP contribution in [-0.4, -0.2) is 37.7 Å². The third-order valence-corrected chi connectivity index (χ3v) is 6.39. The average molecular weight is 429 g/mol. The van der Waals surface area contributed by atoms with Crippen LogP contribution in [0.5, 0.6) is 0 Å². The molecule has 0 amide bonds. The molecule has 1 N–H and O–H groups in total. The molecular weight excluding hydrogens is 404 g/mol. The summed E-state index contributed by atoms with van der Waals surface area (Å²) in [5.74, 6) is 1.01. The number of nitrogens with one attached hydrogen (secondary N) is 1. The molecule has 3 aromatic rings. The number of benzene rings is 1. The number of rotatable bonds is 5. The van der Waals surface area contributed by atoms with E-state index in [-0.39, 0.29) is 0 Å². The van der Waals surface area contributed by atoms with Gasteiger partial charge in [0.25, 0.3) is 0 Å². The van der Waals surface area contributed by atoms with Crippen LogP contribution >= 0.6 is 11.3 Å². The summed E-state index contributed by atoms with van der Waals surface area (Å²) in [6.07, 6.45) is 8.01. The van der Waals surface area contributed by atoms with Gasteiger partial charge in [-0.15, -0.1) is 11.3 Å². The summed E-state index contributed by atoms with van der Waals surface area (Å²) in [5, 5.41) is 2.93. The smallest absolute Gasteiger partial charge is 0.229 e. The Bertz CT molecular complexity index is 1090. The van der Waals surface area contributed by atoms with E-state index in [1.807, 2.05) is 29.8 Å². The third kappa shape index (κ3) is 5.13. The van der Waals surface area contributed by atoms with Gasteiger partial charge in [0, 0.05) is 41.5 Å². The van der Waals surface area contributed by atoms with Gasteiger partial charge in [-0.25, -0.2) is 18.4 Å². The van der Waals surface area contributed by atoms with E-state index in [9.17, 15) is 8.42 Å². The fourth-order valence-electron chi connectivity index (χ4n) is 3.52. The van der Waals surface area contributed by atoms with Gasteiger partial charge in [0.2, 0.25) is 10.0 Å². The van der Waals surface area contributed by atoms with Crippen LogP contribution in [0.3, 0.4) is 0 Å². The van der Waals surface area contributed by atoms with Gasteiger partial charge in [-0.2, -0.15) is 0 Å². The molecule has 0 radical (unpaired) electrons. The lowest BCUT2D eigenvalue weighted by atomic mass is 10.1. The second-order valence-corrected chi connectivity index (χ2v) is 9.90. The lowest BCUT2D eigenvalue weighted by Crippen LogP contribution is -2.24. The standard InChI is InChI=1S/C21H24N4O2S2/c1-29(26,27)24-18-8-6-7-16(13-18)19-15-28-21(23-19)17-9-10-22-20(14-17)25-11-4-2-3-5-12-25/h6-10,13-15,24H,2-5,11-12H2,1H3. The Hall–Kier alpha value is -2.45. The molecule has 1 saturated heterocycles. The van der Waals surface area contributed by atoms with Crippen molar-refractivity contribution in [1.82, 2.24) is 9.97 Å². The van der Waals surface area contributed by atoms with Crippen molar-refractivity contribution in [2.24, 2.45) is 0 Å². The average Bonchev–Trinajstić information content (AvgIpc) is 3.03. The summed E-state index contributed by atoms with van der Waals surface area (Å²) in [7, 11) is -3.31. The Balaban J connectivity index is 1.58. The minimum atomic E-state index is -3.31. The highest BCUT2D eigenvalue weighted by atomic mass is 32.2. The molecule has 0 unspecified atom stereocenters. The predicted molar refractivity (Wildman–Crippen MR) is 120 cm³/mol. The van der Waals surface area contributed by atoms with Crippen molar-refractivity contribution in [1.29, 1.82) is 0 Å². The molecule has 0 saturated carbocycles. The lowest BCUT2D eigenvalue weighted by Gasteiger charge is -2.21. The Labute approximate surface area is 175 Å². The molecule has 1 aliphatic rings. The first-order chi connectivity index (χ1) is 14.0. The molecule has 2 aromatic heterocycles. The first-order valence-corrected chi connectivity index (χ1v) is 12.5. The first kappa shape index (κ1) is 19.8. The highest BCUT2D eigenvalue weighted by Gasteiger charge is 2.14. The zero-order valence-electron chi connectivity index (χ0n) is 16.3. The third-order valence-electron chi connectivity index (χ3n) is 4.89. The lowest BCUT2D eigenvalue weighted by molar-refractivity contribution is 0.607. The number of thiazole rings is 1. The van der Waals surface area contributed by atoms with E-state index >= 15 is 0 Å². The molecule has 0 bridgehead atoms. The second kappa shape index (κ2) is 8.51. The van der Waals surface area contributed by atoms with E-state index in [0.29, 0.717) is 5.69 Å². The van der Waals surface area contributed by atoms with E-state index in [1.165, 1.54) is 25.7 Å². The molecule has 0 atom stereocenters. The van der Waals surface area contributed by atoms with Gasteiger partial charge in [-0.1, -0.05) is 25.0 Å². The van der Waals surface area contributed by atoms with Crippen molar-refractivity contribution in [2.75, 3.05) is 29.0 Å². The van der Waals surface area contributed by atoms with Gasteiger partial charge >= 0.3 is 0 Å². The molecule has 1 aromatic carbocycles. The van der Waals surface area contributed by atoms with Crippen LogP contribution in [0.2, 0.25) is 0 Å². The Morgan fingerprint density at radius 3 is 2.59 bits per heavy atom. The zero-order valence-corrected chi connectivity index (χ0v) is 18.0. The number of hydrogen-bond acceptors (Lipinski definition) is 6. The Morgan fingerprint density at radius 2 is 1.83 bits per heavy atom. The molecule has 4 rings (SSSR count). The van der Waals surface area contributed by atoms with Crippen LogP contribution < -0.4 is 9.62 Å². The first-order valence-electron chi connectivity index (χ1n) is 9.73. The van der Waals surface area contributed by atoms with Crippen LogP contribution in [0.1, 0.15) is 25.7 Å². The van der Waals surface area contributed by atoms with Crippen LogP contribution in [-0.2, 0) is 10.0 Å². The number of hydrogen-bond donors (Lipinski definition) is 1. The van der Waals surface area contributed by atoms with Gasteiger partial charge in [0.15, 0.2) is 0 Å². The van der Waals surface area contributed by atoms with Crippen LogP contribution in [0.15, 0.2) is 48.0 Å². The maximum Gasteiger partial charge on any atom is 0.229 e. The van der Waals surface area contributed by atoms with Crippen molar-refractivity contribution in [3.05, 3.63) is 48.0 Å². The van der Waals surface area contributed by atoms with Crippen LogP contribution in [0.25, 0.3) is 21.8 Å². The van der Waals surface area contributed by atoms with E-state index in [1.54, 1.807) is 23.5 Å². The summed E-state index contributed by atoms with van der Waals surface area (Å²) < 4.78 is 25.5. The van der Waals surface area contributed by atoms with E-state index in [4.69, 9.17) is 4.98 Å². The number of nitrogens with zero attached hydrogens (tertiary/aromatic N) is 3. The van der Waals surface area contributed by atoms with Crippen molar-refractivity contribution >= 4 is 32.9 Å². The zero-order chi connectivity index (χ0) is 20.3. The molecule has 1 aliphatic heterocycles. The molecular formula is C21H24N4O2S2. The Kier molecular flexibility index (Phi) is 5.82. The van der Waals surface area contributed by atoms with Crippen molar-refractivity contribution in [3.63, 3.8) is 0 Å². The molecule has 0 spiro atoms. The maximum absolute atomic E-state index is 11.5. The van der Waals surface area contributed by atoms with Gasteiger partial charge in [0.05, 0.1) is 11.9 Å². The minimum absolute atomic E-state index is 0.534. The SMILES string of the molecule is CS(=O)(=O)Nc1cccc(-c2csc(-c3ccnc(N4CCCCCC4)c3)n2)c1. The predicted octanol–water partition coefficient (Wildman–Crippen LogP) is 4.62. The minimum Gasteiger partial charge on any atom is -0.357 e. The number of aromatic nitrogens is 2. The molecule has 6 nitrogen and oxygen atoms in total. The van der Waals surface area contributed by atoms with E-state index in [2.05, 4.69) is 20.7 Å². The molecule has 152 valence electrons. The molecule has 8 heteroatoms. The van der Waals surface area contributed by atoms with Gasteiger partial charge in [-0.05, 0) is 37.1 Å². The maximum atomic E-state index is 11.5. The van der Waals surface area contributed by atoms with E-state index in [0.717, 1.165) is 47.0 Å². The molecule has 3 heterocycles. The highest BCUT2D eigenvalue weighted by Crippen LogP contribution is 2.31. The molecule has 0 aliphatic carbocycles. The number of sulfonamides is 1. The highest BCUT2D eigenvalue weighted by molar-refractivity contribution is 7.92. The van der Waals surface area contributed by atoms with Crippen LogP contribution in [0, 0.1) is 0 Å². The summed E-state index contributed by atoms with van der Waals surface area (Å²) in [6, 6.07) is 11.4. The second-order valence-electron chi connectivity index (χ2n) is 7.30. The summed E-state index contributed by atoms with van der Waals surface area (Å²) in [4.78, 5) is 11.7. The molecule has 29 heavy (non-hydrogen) atoms. The number of pyridine rings is 1. The van der Waals surface area contributed by atoms with Crippen LogP contribution in [0.4, 0.5) is 11.5 Å². The monoisotopic (exact) mass is 428 g/mol. The van der Waals surface area contributed by atoms with Gasteiger partial charge < -0.3 is 4.90 Å². The van der Waals surface area contributed by atoms with Crippen molar-refractivity contribution < 1.29 is 8.42 Å². The normalized spacial score (nSPS) is 15.1. The van der Waals surface area contributed by atoms with Crippen molar-refractivity contribution in [2.45, 2.75) is 25.7 Å². The van der Waals surface area contributed by atoms with Gasteiger partial charge in [0.1, 0.15) is 10.8 Å². The summed E-state index contributed by atoms with van der Waals surface area (Å²) in [6.45, 7) is 2.11. The molecule has 1 fully saturated rings. The largest absolute Gasteiger partial charge is 0.357 e. The van der Waals surface area contributed by atoms with Gasteiger partial charge in [-0.3, -0.25) is 4.72 Å². The van der Waals surface area contributed by atoms with E-state index < -0.39 is 10.0 Å². The fraction of sp³-hybridized carbons (Fsp3) is 0.333. The Morgan fingerprint density at radius 1 is 1.03 bits per heavy atom. The fourth-order valence-corrected chi connectivity index (χ4v) is 4.90. The van der Waals surface area contributed by atoms with Crippen molar-refractivity contribution in [3.8, 4) is 21.8 Å². The summed E-state index contributed by atoms with van der Waals surface area (Å²) >= 11 is 1.58. The number of anilines is 2. The topological polar surface area (TPSA) is 75.2 Å².